The van der Waals surface area contributed by atoms with E-state index in [1.807, 2.05) is 18.2 Å². The third-order valence-electron chi connectivity index (χ3n) is 4.40. The van der Waals surface area contributed by atoms with Gasteiger partial charge in [-0.1, -0.05) is 18.2 Å². The lowest BCUT2D eigenvalue weighted by atomic mass is 10.1. The molecule has 0 atom stereocenters. The van der Waals surface area contributed by atoms with Gasteiger partial charge in [-0.25, -0.2) is 4.79 Å². The number of hydrogen-bond acceptors (Lipinski definition) is 4. The zero-order chi connectivity index (χ0) is 19.2. The Labute approximate surface area is 156 Å². The average molecular weight is 368 g/mol. The zero-order valence-corrected chi connectivity index (χ0v) is 14.7. The Balaban J connectivity index is 1.49. The normalized spacial score (nSPS) is 13.9. The summed E-state index contributed by atoms with van der Waals surface area (Å²) in [5.74, 6) is -0.667. The van der Waals surface area contributed by atoms with E-state index in [1.165, 1.54) is 24.3 Å². The highest BCUT2D eigenvalue weighted by Gasteiger charge is 2.25. The summed E-state index contributed by atoms with van der Waals surface area (Å²) in [6.45, 7) is 1.70. The van der Waals surface area contributed by atoms with Gasteiger partial charge >= 0.3 is 5.97 Å². The zero-order valence-electron chi connectivity index (χ0n) is 14.7. The molecule has 3 rings (SSSR count). The van der Waals surface area contributed by atoms with Gasteiger partial charge in [0.2, 0.25) is 0 Å². The third kappa shape index (κ3) is 4.63. The second kappa shape index (κ2) is 8.35. The predicted molar refractivity (Wildman–Crippen MR) is 97.8 cm³/mol. The van der Waals surface area contributed by atoms with Crippen molar-refractivity contribution in [3.05, 3.63) is 65.7 Å². The summed E-state index contributed by atoms with van der Waals surface area (Å²) in [6.07, 6.45) is 0. The first-order valence-electron chi connectivity index (χ1n) is 8.63. The molecule has 2 aromatic carbocycles. The molecule has 1 saturated heterocycles. The molecule has 2 amide bonds. The van der Waals surface area contributed by atoms with Crippen molar-refractivity contribution in [2.75, 3.05) is 32.8 Å². The first-order chi connectivity index (χ1) is 13.0. The number of para-hydroxylation sites is 1. The van der Waals surface area contributed by atoms with E-state index in [4.69, 9.17) is 9.84 Å². The predicted octanol–water partition coefficient (Wildman–Crippen LogP) is 1.75. The molecule has 1 aliphatic rings. The maximum absolute atomic E-state index is 12.5. The highest BCUT2D eigenvalue weighted by molar-refractivity contribution is 5.96. The quantitative estimate of drug-likeness (QED) is 0.869. The minimum atomic E-state index is -1.03. The highest BCUT2D eigenvalue weighted by atomic mass is 16.5. The number of carboxylic acids is 1. The van der Waals surface area contributed by atoms with Crippen molar-refractivity contribution in [2.24, 2.45) is 0 Å². The number of hydrogen-bond donors (Lipinski definition) is 1. The molecule has 0 radical (unpaired) electrons. The van der Waals surface area contributed by atoms with E-state index in [9.17, 15) is 14.4 Å². The van der Waals surface area contributed by atoms with E-state index < -0.39 is 5.97 Å². The van der Waals surface area contributed by atoms with E-state index in [-0.39, 0.29) is 24.0 Å². The van der Waals surface area contributed by atoms with Gasteiger partial charge in [0.1, 0.15) is 5.75 Å². The third-order valence-corrected chi connectivity index (χ3v) is 4.40. The summed E-state index contributed by atoms with van der Waals surface area (Å²) in [7, 11) is 0. The molecule has 1 heterocycles. The summed E-state index contributed by atoms with van der Waals surface area (Å²) >= 11 is 0. The fraction of sp³-hybridized carbons (Fsp3) is 0.250. The molecular weight excluding hydrogens is 348 g/mol. The van der Waals surface area contributed by atoms with Crippen LogP contribution >= 0.6 is 0 Å². The van der Waals surface area contributed by atoms with E-state index >= 15 is 0 Å². The number of piperazine rings is 1. The molecule has 140 valence electrons. The van der Waals surface area contributed by atoms with Crippen LogP contribution in [0.3, 0.4) is 0 Å². The minimum Gasteiger partial charge on any atom is -0.484 e. The number of rotatable bonds is 5. The van der Waals surface area contributed by atoms with Gasteiger partial charge in [-0.3, -0.25) is 9.59 Å². The molecule has 7 nitrogen and oxygen atoms in total. The number of amides is 2. The average Bonchev–Trinajstić information content (AvgIpc) is 2.72. The van der Waals surface area contributed by atoms with Crippen LogP contribution in [0.25, 0.3) is 0 Å². The van der Waals surface area contributed by atoms with Gasteiger partial charge in [0.15, 0.2) is 6.61 Å². The highest BCUT2D eigenvalue weighted by Crippen LogP contribution is 2.12. The monoisotopic (exact) mass is 368 g/mol. The van der Waals surface area contributed by atoms with Crippen LogP contribution in [0.15, 0.2) is 54.6 Å². The Morgan fingerprint density at radius 2 is 1.37 bits per heavy atom. The van der Waals surface area contributed by atoms with Gasteiger partial charge in [-0.15, -0.1) is 0 Å². The molecule has 1 fully saturated rings. The molecule has 0 unspecified atom stereocenters. The van der Waals surface area contributed by atoms with Crippen LogP contribution in [0.1, 0.15) is 20.7 Å². The summed E-state index contributed by atoms with van der Waals surface area (Å²) in [6, 6.07) is 15.0. The van der Waals surface area contributed by atoms with E-state index in [2.05, 4.69) is 0 Å². The molecule has 1 aliphatic heterocycles. The van der Waals surface area contributed by atoms with Gasteiger partial charge in [0.05, 0.1) is 5.56 Å². The fourth-order valence-corrected chi connectivity index (χ4v) is 2.85. The van der Waals surface area contributed by atoms with E-state index in [1.54, 1.807) is 21.9 Å². The van der Waals surface area contributed by atoms with Crippen LogP contribution in [0.4, 0.5) is 0 Å². The number of carboxylic acid groups (broad SMARTS) is 1. The van der Waals surface area contributed by atoms with E-state index in [0.717, 1.165) is 0 Å². The fourth-order valence-electron chi connectivity index (χ4n) is 2.85. The summed E-state index contributed by atoms with van der Waals surface area (Å²) in [5, 5.41) is 8.92. The van der Waals surface area contributed by atoms with Crippen LogP contribution in [-0.2, 0) is 4.79 Å². The first kappa shape index (κ1) is 18.4. The molecule has 0 bridgehead atoms. The lowest BCUT2D eigenvalue weighted by Crippen LogP contribution is -2.51. The lowest BCUT2D eigenvalue weighted by Gasteiger charge is -2.34. The van der Waals surface area contributed by atoms with Gasteiger partial charge in [-0.2, -0.15) is 0 Å². The van der Waals surface area contributed by atoms with Crippen LogP contribution in [0.2, 0.25) is 0 Å². The number of carbonyl (C=O) groups excluding carboxylic acids is 2. The molecule has 0 aliphatic carbocycles. The van der Waals surface area contributed by atoms with Crippen LogP contribution < -0.4 is 4.74 Å². The van der Waals surface area contributed by atoms with Crippen molar-refractivity contribution >= 4 is 17.8 Å². The van der Waals surface area contributed by atoms with Gasteiger partial charge in [0.25, 0.3) is 11.8 Å². The number of nitrogens with zero attached hydrogens (tertiary/aromatic N) is 2. The standard InChI is InChI=1S/C20H20N2O5/c23-18(14-27-17-4-2-1-3-5-17)21-10-12-22(13-11-21)19(24)15-6-8-16(9-7-15)20(25)26/h1-9H,10-14H2,(H,25,26). The number of aromatic carboxylic acids is 1. The summed E-state index contributed by atoms with van der Waals surface area (Å²) in [4.78, 5) is 39.0. The molecule has 0 aromatic heterocycles. The SMILES string of the molecule is O=C(O)c1ccc(C(=O)N2CCN(C(=O)COc3ccccc3)CC2)cc1. The van der Waals surface area contributed by atoms with Gasteiger partial charge in [0, 0.05) is 31.7 Å². The van der Waals surface area contributed by atoms with E-state index in [0.29, 0.717) is 37.5 Å². The summed E-state index contributed by atoms with van der Waals surface area (Å²) < 4.78 is 5.48. The first-order valence-corrected chi connectivity index (χ1v) is 8.63. The topological polar surface area (TPSA) is 87.2 Å². The maximum Gasteiger partial charge on any atom is 0.335 e. The van der Waals surface area contributed by atoms with Crippen LogP contribution in [-0.4, -0.2) is 65.5 Å². The van der Waals surface area contributed by atoms with Crippen molar-refractivity contribution < 1.29 is 24.2 Å². The van der Waals surface area contributed by atoms with Crippen molar-refractivity contribution in [2.45, 2.75) is 0 Å². The number of ether oxygens (including phenoxy) is 1. The molecule has 7 heteroatoms. The Hall–Kier alpha value is -3.35. The Morgan fingerprint density at radius 3 is 1.96 bits per heavy atom. The molecule has 1 N–H and O–H groups in total. The van der Waals surface area contributed by atoms with Crippen molar-refractivity contribution in [1.29, 1.82) is 0 Å². The van der Waals surface area contributed by atoms with Gasteiger partial charge < -0.3 is 19.6 Å². The van der Waals surface area contributed by atoms with Crippen LogP contribution in [0, 0.1) is 0 Å². The lowest BCUT2D eigenvalue weighted by molar-refractivity contribution is -0.134. The van der Waals surface area contributed by atoms with Crippen molar-refractivity contribution in [3.63, 3.8) is 0 Å². The minimum absolute atomic E-state index is 0.0331. The molecule has 2 aromatic rings. The summed E-state index contributed by atoms with van der Waals surface area (Å²) in [5.41, 5.74) is 0.576. The second-order valence-corrected chi connectivity index (χ2v) is 6.16. The van der Waals surface area contributed by atoms with Crippen molar-refractivity contribution in [3.8, 4) is 5.75 Å². The van der Waals surface area contributed by atoms with Crippen molar-refractivity contribution in [1.82, 2.24) is 9.80 Å². The Bertz CT molecular complexity index is 812. The maximum atomic E-state index is 12.5. The molecular formula is C20H20N2O5. The Morgan fingerprint density at radius 1 is 0.815 bits per heavy atom. The Kier molecular flexibility index (Phi) is 5.71. The second-order valence-electron chi connectivity index (χ2n) is 6.16. The number of benzene rings is 2. The largest absolute Gasteiger partial charge is 0.484 e. The molecule has 0 spiro atoms. The number of carbonyl (C=O) groups is 3. The van der Waals surface area contributed by atoms with Crippen LogP contribution in [0.5, 0.6) is 5.75 Å². The molecule has 0 saturated carbocycles. The van der Waals surface area contributed by atoms with Gasteiger partial charge in [-0.05, 0) is 36.4 Å². The smallest absolute Gasteiger partial charge is 0.335 e. The molecule has 27 heavy (non-hydrogen) atoms.